The maximum absolute atomic E-state index is 13.4. The van der Waals surface area contributed by atoms with Crippen LogP contribution in [0, 0.1) is 0 Å². The minimum absolute atomic E-state index is 0.0887. The van der Waals surface area contributed by atoms with Crippen LogP contribution in [0.2, 0.25) is 0 Å². The number of aromatic nitrogens is 6. The molecule has 0 fully saturated rings. The molecule has 10 heteroatoms. The minimum Gasteiger partial charge on any atom is -0.381 e. The summed E-state index contributed by atoms with van der Waals surface area (Å²) in [6.45, 7) is 1.82. The van der Waals surface area contributed by atoms with Gasteiger partial charge in [0.25, 0.3) is 11.5 Å². The summed E-state index contributed by atoms with van der Waals surface area (Å²) < 4.78 is 4.74. The third-order valence-corrected chi connectivity index (χ3v) is 5.96. The Hall–Kier alpha value is -4.73. The first kappa shape index (κ1) is 22.1. The molecule has 0 aliphatic rings. The van der Waals surface area contributed by atoms with Crippen molar-refractivity contribution in [3.8, 4) is 0 Å². The molecule has 0 bridgehead atoms. The topological polar surface area (TPSA) is 125 Å². The highest BCUT2D eigenvalue weighted by atomic mass is 16.2. The summed E-state index contributed by atoms with van der Waals surface area (Å²) in [7, 11) is 3.56. The highest BCUT2D eigenvalue weighted by molar-refractivity contribution is 6.04. The molecule has 1 atom stereocenters. The Morgan fingerprint density at radius 1 is 1.20 bits per heavy atom. The molecule has 5 aromatic rings. The number of rotatable bonds is 5. The Bertz CT molecular complexity index is 1670. The molecule has 1 aromatic carbocycles. The lowest BCUT2D eigenvalue weighted by Gasteiger charge is -2.19. The molecular formula is C25H24N8O2. The second-order valence-corrected chi connectivity index (χ2v) is 8.37. The summed E-state index contributed by atoms with van der Waals surface area (Å²) in [6, 6.07) is 8.85. The second-order valence-electron chi connectivity index (χ2n) is 8.37. The molecule has 176 valence electrons. The van der Waals surface area contributed by atoms with Crippen LogP contribution in [-0.2, 0) is 14.1 Å². The standard InChI is InChI=1S/C25H24N8O2/c1-15(29-24(34)21-22(26)30-33-11-5-10-27-23(21)33)19-12-18-7-4-6-17(20(18)25(35)32(19)3)9-8-16-13-28-31(2)14-16/h4-15H,1-3H3,(H2,26,30)(H,29,34)/b9-8+. The average Bonchev–Trinajstić information content (AvgIpc) is 3.41. The van der Waals surface area contributed by atoms with Crippen LogP contribution in [0.4, 0.5) is 5.82 Å². The lowest BCUT2D eigenvalue weighted by Crippen LogP contribution is -2.32. The highest BCUT2D eigenvalue weighted by Gasteiger charge is 2.22. The fourth-order valence-electron chi connectivity index (χ4n) is 4.23. The first-order chi connectivity index (χ1) is 16.8. The summed E-state index contributed by atoms with van der Waals surface area (Å²) >= 11 is 0. The van der Waals surface area contributed by atoms with E-state index in [2.05, 4.69) is 20.5 Å². The molecule has 0 aliphatic carbocycles. The van der Waals surface area contributed by atoms with Crippen molar-refractivity contribution in [3.05, 3.63) is 87.9 Å². The quantitative estimate of drug-likeness (QED) is 0.408. The van der Waals surface area contributed by atoms with Crippen molar-refractivity contribution in [2.75, 3.05) is 5.73 Å². The lowest BCUT2D eigenvalue weighted by atomic mass is 10.0. The van der Waals surface area contributed by atoms with Gasteiger partial charge in [-0.25, -0.2) is 9.50 Å². The Balaban J connectivity index is 1.49. The fraction of sp³-hybridized carbons (Fsp3) is 0.160. The Morgan fingerprint density at radius 2 is 2.03 bits per heavy atom. The highest BCUT2D eigenvalue weighted by Crippen LogP contribution is 2.23. The second kappa shape index (κ2) is 8.56. The molecule has 4 aromatic heterocycles. The molecule has 5 rings (SSSR count). The first-order valence-electron chi connectivity index (χ1n) is 11.0. The van der Waals surface area contributed by atoms with E-state index in [1.807, 2.05) is 56.6 Å². The van der Waals surface area contributed by atoms with Gasteiger partial charge < -0.3 is 15.6 Å². The smallest absolute Gasteiger partial charge is 0.259 e. The number of aryl methyl sites for hydroxylation is 1. The number of fused-ring (bicyclic) bond motifs is 2. The molecule has 4 heterocycles. The Kier molecular flexibility index (Phi) is 5.40. The Labute approximate surface area is 200 Å². The molecule has 3 N–H and O–H groups in total. The largest absolute Gasteiger partial charge is 0.381 e. The average molecular weight is 469 g/mol. The van der Waals surface area contributed by atoms with Crippen molar-refractivity contribution in [1.29, 1.82) is 0 Å². The van der Waals surface area contributed by atoms with Crippen LogP contribution in [0.25, 0.3) is 28.6 Å². The minimum atomic E-state index is -0.475. The molecule has 10 nitrogen and oxygen atoms in total. The van der Waals surface area contributed by atoms with Crippen molar-refractivity contribution in [1.82, 2.24) is 34.3 Å². The number of hydrogen-bond acceptors (Lipinski definition) is 6. The number of hydrogen-bond donors (Lipinski definition) is 2. The molecule has 35 heavy (non-hydrogen) atoms. The molecular weight excluding hydrogens is 444 g/mol. The van der Waals surface area contributed by atoms with Gasteiger partial charge in [-0.15, -0.1) is 5.10 Å². The Morgan fingerprint density at radius 3 is 2.80 bits per heavy atom. The van der Waals surface area contributed by atoms with E-state index in [1.54, 1.807) is 41.0 Å². The first-order valence-corrected chi connectivity index (χ1v) is 11.0. The molecule has 1 amide bonds. The maximum Gasteiger partial charge on any atom is 0.259 e. The third kappa shape index (κ3) is 3.95. The van der Waals surface area contributed by atoms with Crippen molar-refractivity contribution in [2.45, 2.75) is 13.0 Å². The van der Waals surface area contributed by atoms with E-state index in [-0.39, 0.29) is 16.9 Å². The number of anilines is 1. The van der Waals surface area contributed by atoms with Crippen LogP contribution in [0.15, 0.2) is 59.9 Å². The van der Waals surface area contributed by atoms with Crippen molar-refractivity contribution in [3.63, 3.8) is 0 Å². The zero-order valence-corrected chi connectivity index (χ0v) is 19.5. The van der Waals surface area contributed by atoms with Gasteiger partial charge in [0.15, 0.2) is 11.5 Å². The number of pyridine rings is 1. The summed E-state index contributed by atoms with van der Waals surface area (Å²) in [5, 5.41) is 12.6. The van der Waals surface area contributed by atoms with Gasteiger partial charge in [-0.2, -0.15) is 5.10 Å². The van der Waals surface area contributed by atoms with E-state index in [4.69, 9.17) is 5.73 Å². The van der Waals surface area contributed by atoms with Gasteiger partial charge in [0.05, 0.1) is 17.6 Å². The number of nitrogens with two attached hydrogens (primary N) is 1. The number of carbonyl (C=O) groups is 1. The van der Waals surface area contributed by atoms with Crippen molar-refractivity contribution in [2.24, 2.45) is 14.1 Å². The van der Waals surface area contributed by atoms with E-state index >= 15 is 0 Å². The van der Waals surface area contributed by atoms with Crippen LogP contribution in [-0.4, -0.2) is 34.9 Å². The summed E-state index contributed by atoms with van der Waals surface area (Å²) in [6.07, 6.45) is 10.7. The number of nitrogens with one attached hydrogen (secondary N) is 1. The van der Waals surface area contributed by atoms with E-state index < -0.39 is 11.9 Å². The maximum atomic E-state index is 13.4. The SMILES string of the molecule is CC(NC(=O)c1c(N)nn2cccnc12)c1cc2cccc(/C=C/c3cnn(C)c3)c2c(=O)n1C. The summed E-state index contributed by atoms with van der Waals surface area (Å²) in [5.74, 6) is -0.324. The van der Waals surface area contributed by atoms with E-state index in [0.717, 1.165) is 16.5 Å². The van der Waals surface area contributed by atoms with Crippen molar-refractivity contribution >= 4 is 40.3 Å². The van der Waals surface area contributed by atoms with Crippen LogP contribution in [0.1, 0.15) is 40.1 Å². The van der Waals surface area contributed by atoms with E-state index in [0.29, 0.717) is 16.7 Å². The molecule has 1 unspecified atom stereocenters. The number of benzene rings is 1. The monoisotopic (exact) mass is 468 g/mol. The van der Waals surface area contributed by atoms with Gasteiger partial charge in [-0.1, -0.05) is 30.4 Å². The van der Waals surface area contributed by atoms with Crippen LogP contribution >= 0.6 is 0 Å². The van der Waals surface area contributed by atoms with Gasteiger partial charge in [-0.3, -0.25) is 14.3 Å². The van der Waals surface area contributed by atoms with E-state index in [9.17, 15) is 9.59 Å². The van der Waals surface area contributed by atoms with Gasteiger partial charge in [0.1, 0.15) is 5.56 Å². The van der Waals surface area contributed by atoms with Gasteiger partial charge in [-0.05, 0) is 30.0 Å². The molecule has 0 aliphatic heterocycles. The number of nitrogen functional groups attached to an aromatic ring is 1. The zero-order chi connectivity index (χ0) is 24.7. The number of amides is 1. The molecule has 0 saturated heterocycles. The van der Waals surface area contributed by atoms with Crippen LogP contribution < -0.4 is 16.6 Å². The molecule has 0 radical (unpaired) electrons. The third-order valence-electron chi connectivity index (χ3n) is 5.96. The summed E-state index contributed by atoms with van der Waals surface area (Å²) in [4.78, 5) is 30.7. The number of nitrogens with zero attached hydrogens (tertiary/aromatic N) is 6. The normalized spacial score (nSPS) is 12.5. The predicted octanol–water partition coefficient (Wildman–Crippen LogP) is 2.56. The zero-order valence-electron chi connectivity index (χ0n) is 19.5. The van der Waals surface area contributed by atoms with Gasteiger partial charge in [0.2, 0.25) is 0 Å². The number of carbonyl (C=O) groups excluding carboxylic acids is 1. The van der Waals surface area contributed by atoms with E-state index in [1.165, 1.54) is 4.52 Å². The fourth-order valence-corrected chi connectivity index (χ4v) is 4.23. The predicted molar refractivity (Wildman–Crippen MR) is 135 cm³/mol. The molecule has 0 saturated carbocycles. The molecule has 0 spiro atoms. The van der Waals surface area contributed by atoms with Gasteiger partial charge in [0, 0.05) is 43.9 Å². The van der Waals surface area contributed by atoms with Crippen LogP contribution in [0.3, 0.4) is 0 Å². The van der Waals surface area contributed by atoms with Crippen molar-refractivity contribution < 1.29 is 4.79 Å². The van der Waals surface area contributed by atoms with Crippen LogP contribution in [0.5, 0.6) is 0 Å². The van der Waals surface area contributed by atoms with Gasteiger partial charge >= 0.3 is 0 Å². The summed E-state index contributed by atoms with van der Waals surface area (Å²) in [5.41, 5.74) is 8.81. The lowest BCUT2D eigenvalue weighted by molar-refractivity contribution is 0.0941.